The summed E-state index contributed by atoms with van der Waals surface area (Å²) in [5.41, 5.74) is 6.95. The molecule has 0 fully saturated rings. The molecule has 17 heavy (non-hydrogen) atoms. The van der Waals surface area contributed by atoms with E-state index < -0.39 is 0 Å². The van der Waals surface area contributed by atoms with Crippen molar-refractivity contribution in [3.05, 3.63) is 66.0 Å². The maximum Gasteiger partial charge on any atom is 0.248 e. The monoisotopic (exact) mass is 227 g/mol. The molecule has 1 aromatic carbocycles. The molecule has 0 aliphatic rings. The number of nitrogens with two attached hydrogens (primary N) is 1. The highest BCUT2D eigenvalue weighted by atomic mass is 16.1. The molecule has 0 spiro atoms. The summed E-state index contributed by atoms with van der Waals surface area (Å²) < 4.78 is 2.08. The highest BCUT2D eigenvalue weighted by Gasteiger charge is 2.08. The first-order valence-corrected chi connectivity index (χ1v) is 5.59. The van der Waals surface area contributed by atoms with Gasteiger partial charge < -0.3 is 5.73 Å². The van der Waals surface area contributed by atoms with Crippen molar-refractivity contribution in [3.8, 4) is 0 Å². The van der Waals surface area contributed by atoms with Crippen molar-refractivity contribution in [2.45, 2.75) is 13.0 Å². The number of aryl methyl sites for hydroxylation is 2. The van der Waals surface area contributed by atoms with Gasteiger partial charge >= 0.3 is 0 Å². The standard InChI is InChI=1S/C14H14N2O/c15-14(17)13-7-3-2-6-12(13)8-11-16-9-4-1-5-10-16/h1-7,9-10H,8,11H2,(H-,15,17)/p+1. The van der Waals surface area contributed by atoms with Crippen LogP contribution in [0.1, 0.15) is 15.9 Å². The Morgan fingerprint density at radius 2 is 1.76 bits per heavy atom. The molecule has 3 heteroatoms. The van der Waals surface area contributed by atoms with E-state index in [1.54, 1.807) is 6.07 Å². The second-order valence-corrected chi connectivity index (χ2v) is 3.88. The molecular formula is C14H15N2O+. The number of carbonyl (C=O) groups excluding carboxylic acids is 1. The third kappa shape index (κ3) is 2.91. The highest BCUT2D eigenvalue weighted by molar-refractivity contribution is 5.94. The maximum absolute atomic E-state index is 11.2. The van der Waals surface area contributed by atoms with Crippen molar-refractivity contribution < 1.29 is 9.36 Å². The van der Waals surface area contributed by atoms with Crippen LogP contribution in [0, 0.1) is 0 Å². The summed E-state index contributed by atoms with van der Waals surface area (Å²) in [5, 5.41) is 0. The van der Waals surface area contributed by atoms with E-state index in [1.807, 2.05) is 48.8 Å². The van der Waals surface area contributed by atoms with Crippen molar-refractivity contribution in [2.75, 3.05) is 0 Å². The number of hydrogen-bond donors (Lipinski definition) is 1. The molecule has 0 unspecified atom stereocenters. The van der Waals surface area contributed by atoms with Gasteiger partial charge in [-0.25, -0.2) is 4.57 Å². The van der Waals surface area contributed by atoms with Gasteiger partial charge in [-0.2, -0.15) is 0 Å². The first-order valence-electron chi connectivity index (χ1n) is 5.59. The van der Waals surface area contributed by atoms with Gasteiger partial charge in [0.1, 0.15) is 0 Å². The highest BCUT2D eigenvalue weighted by Crippen LogP contribution is 2.08. The van der Waals surface area contributed by atoms with Crippen LogP contribution in [0.15, 0.2) is 54.9 Å². The second kappa shape index (κ2) is 5.25. The molecule has 0 atom stereocenters. The Labute approximate surface area is 101 Å². The van der Waals surface area contributed by atoms with Crippen LogP contribution in [0.2, 0.25) is 0 Å². The molecule has 1 heterocycles. The van der Waals surface area contributed by atoms with Crippen LogP contribution in [0.25, 0.3) is 0 Å². The van der Waals surface area contributed by atoms with Gasteiger partial charge in [0.05, 0.1) is 0 Å². The van der Waals surface area contributed by atoms with Crippen LogP contribution in [0.5, 0.6) is 0 Å². The molecule has 86 valence electrons. The Hall–Kier alpha value is -2.16. The molecule has 2 aromatic rings. The van der Waals surface area contributed by atoms with Crippen LogP contribution in [-0.4, -0.2) is 5.91 Å². The molecule has 3 nitrogen and oxygen atoms in total. The van der Waals surface area contributed by atoms with Crippen LogP contribution >= 0.6 is 0 Å². The van der Waals surface area contributed by atoms with Gasteiger partial charge in [-0.1, -0.05) is 24.3 Å². The molecule has 0 aliphatic carbocycles. The predicted octanol–water partition coefficient (Wildman–Crippen LogP) is 1.32. The number of rotatable bonds is 4. The lowest BCUT2D eigenvalue weighted by atomic mass is 10.0. The molecule has 0 saturated carbocycles. The first-order chi connectivity index (χ1) is 8.27. The van der Waals surface area contributed by atoms with E-state index in [2.05, 4.69) is 4.57 Å². The van der Waals surface area contributed by atoms with Gasteiger partial charge in [-0.05, 0) is 11.6 Å². The molecule has 0 bridgehead atoms. The van der Waals surface area contributed by atoms with Crippen LogP contribution < -0.4 is 10.3 Å². The van der Waals surface area contributed by atoms with E-state index in [-0.39, 0.29) is 5.91 Å². The lowest BCUT2D eigenvalue weighted by Gasteiger charge is -2.04. The van der Waals surface area contributed by atoms with Crippen LogP contribution in [0.4, 0.5) is 0 Å². The summed E-state index contributed by atoms with van der Waals surface area (Å²) in [6.07, 6.45) is 4.81. The summed E-state index contributed by atoms with van der Waals surface area (Å²) in [6.45, 7) is 0.838. The SMILES string of the molecule is NC(=O)c1ccccc1CC[n+]1ccccc1. The first kappa shape index (κ1) is 11.3. The average molecular weight is 227 g/mol. The second-order valence-electron chi connectivity index (χ2n) is 3.88. The summed E-state index contributed by atoms with van der Waals surface area (Å²) in [6, 6.07) is 13.4. The zero-order valence-electron chi connectivity index (χ0n) is 9.54. The number of benzene rings is 1. The van der Waals surface area contributed by atoms with Gasteiger partial charge in [-0.3, -0.25) is 4.79 Å². The normalized spacial score (nSPS) is 10.1. The Morgan fingerprint density at radius 1 is 1.06 bits per heavy atom. The van der Waals surface area contributed by atoms with Crippen molar-refractivity contribution in [1.82, 2.24) is 0 Å². The summed E-state index contributed by atoms with van der Waals surface area (Å²) in [4.78, 5) is 11.2. The third-order valence-electron chi connectivity index (χ3n) is 2.70. The summed E-state index contributed by atoms with van der Waals surface area (Å²) in [5.74, 6) is -0.362. The number of primary amides is 1. The number of nitrogens with zero attached hydrogens (tertiary/aromatic N) is 1. The van der Waals surface area contributed by atoms with Crippen molar-refractivity contribution >= 4 is 5.91 Å². The fourth-order valence-electron chi connectivity index (χ4n) is 1.81. The third-order valence-corrected chi connectivity index (χ3v) is 2.70. The van der Waals surface area contributed by atoms with E-state index in [0.717, 1.165) is 18.5 Å². The Balaban J connectivity index is 2.12. The molecular weight excluding hydrogens is 212 g/mol. The van der Waals surface area contributed by atoms with Gasteiger partial charge in [0, 0.05) is 24.1 Å². The molecule has 1 amide bonds. The van der Waals surface area contributed by atoms with Crippen LogP contribution in [0.3, 0.4) is 0 Å². The van der Waals surface area contributed by atoms with Crippen molar-refractivity contribution in [1.29, 1.82) is 0 Å². The minimum atomic E-state index is -0.362. The Morgan fingerprint density at radius 3 is 2.47 bits per heavy atom. The van der Waals surface area contributed by atoms with Gasteiger partial charge in [0.15, 0.2) is 18.9 Å². The number of carbonyl (C=O) groups is 1. The van der Waals surface area contributed by atoms with E-state index >= 15 is 0 Å². The van der Waals surface area contributed by atoms with E-state index in [9.17, 15) is 4.79 Å². The number of aromatic nitrogens is 1. The fraction of sp³-hybridized carbons (Fsp3) is 0.143. The molecule has 0 aliphatic heterocycles. The smallest absolute Gasteiger partial charge is 0.248 e. The largest absolute Gasteiger partial charge is 0.366 e. The van der Waals surface area contributed by atoms with Crippen LogP contribution in [-0.2, 0) is 13.0 Å². The summed E-state index contributed by atoms with van der Waals surface area (Å²) >= 11 is 0. The minimum absolute atomic E-state index is 0.362. The molecule has 2 rings (SSSR count). The zero-order chi connectivity index (χ0) is 12.1. The number of pyridine rings is 1. The maximum atomic E-state index is 11.2. The van der Waals surface area contributed by atoms with Gasteiger partial charge in [0.2, 0.25) is 5.91 Å². The van der Waals surface area contributed by atoms with Gasteiger partial charge in [0.25, 0.3) is 0 Å². The molecule has 1 aromatic heterocycles. The Bertz CT molecular complexity index is 509. The average Bonchev–Trinajstić information content (AvgIpc) is 2.38. The number of hydrogen-bond acceptors (Lipinski definition) is 1. The fourth-order valence-corrected chi connectivity index (χ4v) is 1.81. The van der Waals surface area contributed by atoms with E-state index in [4.69, 9.17) is 5.73 Å². The van der Waals surface area contributed by atoms with E-state index in [0.29, 0.717) is 5.56 Å². The minimum Gasteiger partial charge on any atom is -0.366 e. The van der Waals surface area contributed by atoms with Crippen molar-refractivity contribution in [2.24, 2.45) is 5.73 Å². The molecule has 0 saturated heterocycles. The Kier molecular flexibility index (Phi) is 3.50. The molecule has 0 radical (unpaired) electrons. The zero-order valence-corrected chi connectivity index (χ0v) is 9.54. The van der Waals surface area contributed by atoms with Crippen molar-refractivity contribution in [3.63, 3.8) is 0 Å². The predicted molar refractivity (Wildman–Crippen MR) is 65.3 cm³/mol. The quantitative estimate of drug-likeness (QED) is 0.787. The topological polar surface area (TPSA) is 47.0 Å². The molecule has 2 N–H and O–H groups in total. The lowest BCUT2D eigenvalue weighted by Crippen LogP contribution is -2.33. The van der Waals surface area contributed by atoms with Gasteiger partial charge in [-0.15, -0.1) is 0 Å². The number of amides is 1. The van der Waals surface area contributed by atoms with E-state index in [1.165, 1.54) is 0 Å². The lowest BCUT2D eigenvalue weighted by molar-refractivity contribution is -0.696. The summed E-state index contributed by atoms with van der Waals surface area (Å²) in [7, 11) is 0.